The molecular weight excluding hydrogens is 222 g/mol. The lowest BCUT2D eigenvalue weighted by Gasteiger charge is -2.21. The van der Waals surface area contributed by atoms with E-state index in [1.54, 1.807) is 0 Å². The first kappa shape index (κ1) is 11.5. The van der Waals surface area contributed by atoms with Gasteiger partial charge in [0, 0.05) is 5.56 Å². The van der Waals surface area contributed by atoms with Crippen LogP contribution < -0.4 is 5.32 Å². The van der Waals surface area contributed by atoms with E-state index in [1.807, 2.05) is 6.20 Å². The second kappa shape index (κ2) is 4.94. The fourth-order valence-corrected chi connectivity index (χ4v) is 2.61. The van der Waals surface area contributed by atoms with Gasteiger partial charge in [-0.3, -0.25) is 0 Å². The number of benzene rings is 1. The van der Waals surface area contributed by atoms with Crippen molar-refractivity contribution in [2.24, 2.45) is 0 Å². The molecule has 2 aromatic rings. The van der Waals surface area contributed by atoms with E-state index in [4.69, 9.17) is 0 Å². The highest BCUT2D eigenvalue weighted by Crippen LogP contribution is 2.25. The predicted octanol–water partition coefficient (Wildman–Crippen LogP) is 3.20. The van der Waals surface area contributed by atoms with Crippen molar-refractivity contribution < 1.29 is 0 Å². The van der Waals surface area contributed by atoms with Crippen LogP contribution in [-0.2, 0) is 0 Å². The molecule has 1 saturated heterocycles. The van der Waals surface area contributed by atoms with Gasteiger partial charge >= 0.3 is 0 Å². The van der Waals surface area contributed by atoms with Gasteiger partial charge in [0.05, 0.1) is 17.9 Å². The van der Waals surface area contributed by atoms with E-state index in [0.29, 0.717) is 6.04 Å². The first-order valence-corrected chi connectivity index (χ1v) is 6.69. The Morgan fingerprint density at radius 1 is 1.22 bits per heavy atom. The summed E-state index contributed by atoms with van der Waals surface area (Å²) in [5.41, 5.74) is 3.65. The number of aryl methyl sites for hydroxylation is 1. The Hall–Kier alpha value is -1.61. The molecule has 0 bridgehead atoms. The van der Waals surface area contributed by atoms with Gasteiger partial charge in [0.2, 0.25) is 0 Å². The molecule has 1 unspecified atom stereocenters. The maximum Gasteiger partial charge on any atom is 0.123 e. The third-order valence-electron chi connectivity index (χ3n) is 3.67. The van der Waals surface area contributed by atoms with Crippen molar-refractivity contribution in [1.82, 2.24) is 15.3 Å². The number of imidazole rings is 1. The van der Waals surface area contributed by atoms with Crippen LogP contribution >= 0.6 is 0 Å². The molecule has 3 heteroatoms. The molecule has 0 saturated carbocycles. The van der Waals surface area contributed by atoms with Crippen LogP contribution in [0.4, 0.5) is 0 Å². The number of aromatic nitrogens is 2. The van der Waals surface area contributed by atoms with Crippen LogP contribution in [0.5, 0.6) is 0 Å². The molecule has 0 amide bonds. The maximum atomic E-state index is 4.54. The van der Waals surface area contributed by atoms with Crippen LogP contribution in [0.2, 0.25) is 0 Å². The second-order valence-corrected chi connectivity index (χ2v) is 5.00. The number of hydrogen-bond acceptors (Lipinski definition) is 2. The minimum absolute atomic E-state index is 0.400. The number of rotatable bonds is 2. The Bertz CT molecular complexity index is 524. The molecule has 3 rings (SSSR count). The largest absolute Gasteiger partial charge is 0.341 e. The summed E-state index contributed by atoms with van der Waals surface area (Å²) in [6.07, 6.45) is 5.70. The maximum absolute atomic E-state index is 4.54. The molecule has 0 spiro atoms. The van der Waals surface area contributed by atoms with E-state index < -0.39 is 0 Å². The Kier molecular flexibility index (Phi) is 3.15. The molecule has 1 aromatic heterocycles. The van der Waals surface area contributed by atoms with Crippen molar-refractivity contribution >= 4 is 0 Å². The van der Waals surface area contributed by atoms with Gasteiger partial charge in [-0.15, -0.1) is 0 Å². The van der Waals surface area contributed by atoms with Crippen molar-refractivity contribution in [2.45, 2.75) is 32.2 Å². The van der Waals surface area contributed by atoms with Crippen molar-refractivity contribution in [1.29, 1.82) is 0 Å². The van der Waals surface area contributed by atoms with Crippen LogP contribution in [0, 0.1) is 6.92 Å². The minimum atomic E-state index is 0.400. The van der Waals surface area contributed by atoms with Gasteiger partial charge in [0.1, 0.15) is 5.82 Å². The van der Waals surface area contributed by atoms with Crippen LogP contribution in [0.15, 0.2) is 30.5 Å². The summed E-state index contributed by atoms with van der Waals surface area (Å²) in [6.45, 7) is 3.24. The molecular formula is C15H19N3. The van der Waals surface area contributed by atoms with Crippen LogP contribution in [0.1, 0.15) is 36.7 Å². The van der Waals surface area contributed by atoms with Crippen LogP contribution in [-0.4, -0.2) is 16.5 Å². The fourth-order valence-electron chi connectivity index (χ4n) is 2.61. The molecule has 94 valence electrons. The van der Waals surface area contributed by atoms with Gasteiger partial charge in [0.15, 0.2) is 0 Å². The quantitative estimate of drug-likeness (QED) is 0.847. The number of nitrogens with zero attached hydrogens (tertiary/aromatic N) is 1. The van der Waals surface area contributed by atoms with Crippen LogP contribution in [0.25, 0.3) is 11.3 Å². The Morgan fingerprint density at radius 2 is 2.11 bits per heavy atom. The van der Waals surface area contributed by atoms with E-state index in [9.17, 15) is 0 Å². The SMILES string of the molecule is Cc1ccccc1-c1cnc(C2CCCCN2)[nH]1. The zero-order valence-corrected chi connectivity index (χ0v) is 10.7. The van der Waals surface area contributed by atoms with E-state index in [2.05, 4.69) is 46.5 Å². The Balaban J connectivity index is 1.87. The summed E-state index contributed by atoms with van der Waals surface area (Å²) in [6, 6.07) is 8.81. The summed E-state index contributed by atoms with van der Waals surface area (Å²) in [7, 11) is 0. The zero-order chi connectivity index (χ0) is 12.4. The van der Waals surface area contributed by atoms with Gasteiger partial charge in [0.25, 0.3) is 0 Å². The van der Waals surface area contributed by atoms with Crippen molar-refractivity contribution in [3.8, 4) is 11.3 Å². The van der Waals surface area contributed by atoms with Gasteiger partial charge < -0.3 is 10.3 Å². The van der Waals surface area contributed by atoms with Gasteiger partial charge in [-0.25, -0.2) is 4.98 Å². The molecule has 1 atom stereocenters. The zero-order valence-electron chi connectivity index (χ0n) is 10.7. The highest BCUT2D eigenvalue weighted by Gasteiger charge is 2.17. The van der Waals surface area contributed by atoms with E-state index in [-0.39, 0.29) is 0 Å². The molecule has 1 aliphatic rings. The first-order valence-electron chi connectivity index (χ1n) is 6.69. The van der Waals surface area contributed by atoms with Crippen molar-refractivity contribution in [3.63, 3.8) is 0 Å². The number of nitrogens with one attached hydrogen (secondary N) is 2. The monoisotopic (exact) mass is 241 g/mol. The lowest BCUT2D eigenvalue weighted by molar-refractivity contribution is 0.399. The van der Waals surface area contributed by atoms with Gasteiger partial charge in [-0.2, -0.15) is 0 Å². The summed E-state index contributed by atoms with van der Waals surface area (Å²) in [5, 5.41) is 3.52. The molecule has 2 N–H and O–H groups in total. The summed E-state index contributed by atoms with van der Waals surface area (Å²) >= 11 is 0. The molecule has 1 fully saturated rings. The normalized spacial score (nSPS) is 19.9. The van der Waals surface area contributed by atoms with E-state index in [0.717, 1.165) is 18.1 Å². The predicted molar refractivity (Wildman–Crippen MR) is 73.4 cm³/mol. The van der Waals surface area contributed by atoms with E-state index >= 15 is 0 Å². The number of piperidine rings is 1. The molecule has 18 heavy (non-hydrogen) atoms. The molecule has 3 nitrogen and oxygen atoms in total. The number of hydrogen-bond donors (Lipinski definition) is 2. The van der Waals surface area contributed by atoms with Crippen molar-refractivity contribution in [3.05, 3.63) is 41.9 Å². The third-order valence-corrected chi connectivity index (χ3v) is 3.67. The summed E-state index contributed by atoms with van der Waals surface area (Å²) < 4.78 is 0. The van der Waals surface area contributed by atoms with Gasteiger partial charge in [-0.05, 0) is 31.9 Å². The second-order valence-electron chi connectivity index (χ2n) is 5.00. The highest BCUT2D eigenvalue weighted by atomic mass is 15.0. The lowest BCUT2D eigenvalue weighted by atomic mass is 10.0. The molecule has 0 aliphatic carbocycles. The number of H-pyrrole nitrogens is 1. The average Bonchev–Trinajstić information content (AvgIpc) is 2.90. The molecule has 2 heterocycles. The first-order chi connectivity index (χ1) is 8.84. The summed E-state index contributed by atoms with van der Waals surface area (Å²) in [4.78, 5) is 8.01. The number of aromatic amines is 1. The van der Waals surface area contributed by atoms with Crippen LogP contribution in [0.3, 0.4) is 0 Å². The topological polar surface area (TPSA) is 40.7 Å². The highest BCUT2D eigenvalue weighted by molar-refractivity contribution is 5.62. The van der Waals surface area contributed by atoms with E-state index in [1.165, 1.54) is 30.4 Å². The third kappa shape index (κ3) is 2.18. The Labute approximate surface area is 108 Å². The average molecular weight is 241 g/mol. The summed E-state index contributed by atoms with van der Waals surface area (Å²) in [5.74, 6) is 1.08. The fraction of sp³-hybridized carbons (Fsp3) is 0.400. The molecule has 1 aliphatic heterocycles. The lowest BCUT2D eigenvalue weighted by Crippen LogP contribution is -2.27. The minimum Gasteiger partial charge on any atom is -0.341 e. The molecule has 0 radical (unpaired) electrons. The standard InChI is InChI=1S/C15H19N3/c1-11-6-2-3-7-12(11)14-10-17-15(18-14)13-8-4-5-9-16-13/h2-3,6-7,10,13,16H,4-5,8-9H2,1H3,(H,17,18). The molecule has 1 aromatic carbocycles. The smallest absolute Gasteiger partial charge is 0.123 e. The van der Waals surface area contributed by atoms with Crippen molar-refractivity contribution in [2.75, 3.05) is 6.54 Å². The van der Waals surface area contributed by atoms with Gasteiger partial charge in [-0.1, -0.05) is 30.7 Å². The Morgan fingerprint density at radius 3 is 2.89 bits per heavy atom.